The monoisotopic (exact) mass is 467 g/mol. The topological polar surface area (TPSA) is 103 Å². The first-order valence-electron chi connectivity index (χ1n) is 9.67. The standard InChI is InChI=1S/C21H30BrN3O4/c1-12(2)18(25-20(28)29-21(3,4)5)19(27)24-14(11-26)9-13-10-23-16-8-6-7-15(22)17(13)16/h6-8,10,12,14,18,23,26H,9,11H2,1-5H3,(H,24,27)(H,25,28)/t14?,18-/m0/s1. The molecular formula is C21H30BrN3O4. The number of amides is 2. The van der Waals surface area contributed by atoms with Crippen LogP contribution in [0.1, 0.15) is 40.2 Å². The van der Waals surface area contributed by atoms with Crippen LogP contribution in [0, 0.1) is 5.92 Å². The number of ether oxygens (including phenoxy) is 1. The first-order chi connectivity index (χ1) is 13.5. The quantitative estimate of drug-likeness (QED) is 0.500. The Kier molecular flexibility index (Phi) is 7.71. The lowest BCUT2D eigenvalue weighted by molar-refractivity contribution is -0.125. The van der Waals surface area contributed by atoms with E-state index >= 15 is 0 Å². The van der Waals surface area contributed by atoms with Gasteiger partial charge in [-0.15, -0.1) is 0 Å². The Morgan fingerprint density at radius 2 is 1.93 bits per heavy atom. The Morgan fingerprint density at radius 1 is 1.24 bits per heavy atom. The van der Waals surface area contributed by atoms with Crippen LogP contribution in [0.4, 0.5) is 4.79 Å². The van der Waals surface area contributed by atoms with E-state index in [9.17, 15) is 14.7 Å². The van der Waals surface area contributed by atoms with Gasteiger partial charge in [-0.2, -0.15) is 0 Å². The third kappa shape index (κ3) is 6.47. The molecule has 2 amide bonds. The lowest BCUT2D eigenvalue weighted by Gasteiger charge is -2.26. The maximum absolute atomic E-state index is 12.8. The summed E-state index contributed by atoms with van der Waals surface area (Å²) < 4.78 is 6.20. The number of hydrogen-bond donors (Lipinski definition) is 4. The fraction of sp³-hybridized carbons (Fsp3) is 0.524. The highest BCUT2D eigenvalue weighted by molar-refractivity contribution is 9.10. The summed E-state index contributed by atoms with van der Waals surface area (Å²) in [4.78, 5) is 28.1. The molecule has 0 bridgehead atoms. The van der Waals surface area contributed by atoms with Crippen molar-refractivity contribution >= 4 is 38.8 Å². The minimum Gasteiger partial charge on any atom is -0.444 e. The molecule has 0 aliphatic rings. The van der Waals surface area contributed by atoms with Crippen molar-refractivity contribution in [1.29, 1.82) is 0 Å². The average molecular weight is 468 g/mol. The number of nitrogens with one attached hydrogen (secondary N) is 3. The Morgan fingerprint density at radius 3 is 2.52 bits per heavy atom. The molecule has 4 N–H and O–H groups in total. The van der Waals surface area contributed by atoms with Gasteiger partial charge >= 0.3 is 6.09 Å². The van der Waals surface area contributed by atoms with Gasteiger partial charge in [0.1, 0.15) is 11.6 Å². The van der Waals surface area contributed by atoms with E-state index in [0.717, 1.165) is 20.9 Å². The number of carbonyl (C=O) groups excluding carboxylic acids is 2. The molecule has 0 aliphatic carbocycles. The zero-order chi connectivity index (χ0) is 21.8. The van der Waals surface area contributed by atoms with Gasteiger partial charge < -0.3 is 25.5 Å². The minimum absolute atomic E-state index is 0.149. The van der Waals surface area contributed by atoms with Crippen LogP contribution in [0.25, 0.3) is 10.9 Å². The van der Waals surface area contributed by atoms with E-state index in [1.807, 2.05) is 38.2 Å². The van der Waals surface area contributed by atoms with E-state index < -0.39 is 23.8 Å². The normalized spacial score (nSPS) is 13.9. The number of aromatic amines is 1. The van der Waals surface area contributed by atoms with Crippen molar-refractivity contribution in [3.63, 3.8) is 0 Å². The summed E-state index contributed by atoms with van der Waals surface area (Å²) in [6.07, 6.45) is 1.68. The molecule has 0 spiro atoms. The SMILES string of the molecule is CC(C)[C@H](NC(=O)OC(C)(C)C)C(=O)NC(CO)Cc1c[nH]c2cccc(Br)c12. The number of H-pyrrole nitrogens is 1. The second kappa shape index (κ2) is 9.63. The van der Waals surface area contributed by atoms with Gasteiger partial charge in [0.2, 0.25) is 5.91 Å². The number of benzene rings is 1. The Bertz CT molecular complexity index is 857. The Labute approximate surface area is 179 Å². The highest BCUT2D eigenvalue weighted by Crippen LogP contribution is 2.27. The van der Waals surface area contributed by atoms with E-state index in [2.05, 4.69) is 31.5 Å². The van der Waals surface area contributed by atoms with Crippen LogP contribution in [0.2, 0.25) is 0 Å². The summed E-state index contributed by atoms with van der Waals surface area (Å²) in [6.45, 7) is 8.74. The van der Waals surface area contributed by atoms with Crippen molar-refractivity contribution in [2.45, 2.75) is 58.7 Å². The molecule has 0 aliphatic heterocycles. The molecule has 0 fully saturated rings. The van der Waals surface area contributed by atoms with Crippen molar-refractivity contribution in [3.05, 3.63) is 34.4 Å². The number of aliphatic hydroxyl groups excluding tert-OH is 1. The fourth-order valence-electron chi connectivity index (χ4n) is 3.06. The van der Waals surface area contributed by atoms with Crippen molar-refractivity contribution in [3.8, 4) is 0 Å². The van der Waals surface area contributed by atoms with Crippen molar-refractivity contribution < 1.29 is 19.4 Å². The highest BCUT2D eigenvalue weighted by Gasteiger charge is 2.28. The molecule has 2 atom stereocenters. The molecule has 29 heavy (non-hydrogen) atoms. The summed E-state index contributed by atoms with van der Waals surface area (Å²) in [5, 5.41) is 16.3. The molecule has 0 radical (unpaired) electrons. The molecule has 1 aromatic carbocycles. The number of aromatic nitrogens is 1. The third-order valence-corrected chi connectivity index (χ3v) is 5.05. The van der Waals surface area contributed by atoms with E-state index in [4.69, 9.17) is 4.74 Å². The lowest BCUT2D eigenvalue weighted by Crippen LogP contribution is -2.54. The first kappa shape index (κ1) is 23.2. The number of hydrogen-bond acceptors (Lipinski definition) is 4. The fourth-order valence-corrected chi connectivity index (χ4v) is 3.68. The third-order valence-electron chi connectivity index (χ3n) is 4.39. The molecule has 1 unspecified atom stereocenters. The maximum atomic E-state index is 12.8. The summed E-state index contributed by atoms with van der Waals surface area (Å²) in [5.74, 6) is -0.507. The maximum Gasteiger partial charge on any atom is 0.408 e. The number of alkyl carbamates (subject to hydrolysis) is 1. The zero-order valence-electron chi connectivity index (χ0n) is 17.5. The van der Waals surface area contributed by atoms with E-state index in [1.165, 1.54) is 0 Å². The molecule has 0 saturated carbocycles. The average Bonchev–Trinajstić information content (AvgIpc) is 3.01. The molecule has 7 nitrogen and oxygen atoms in total. The van der Waals surface area contributed by atoms with E-state index in [-0.39, 0.29) is 18.4 Å². The summed E-state index contributed by atoms with van der Waals surface area (Å²) in [5.41, 5.74) is 1.30. The predicted octanol–water partition coefficient (Wildman–Crippen LogP) is 3.50. The van der Waals surface area contributed by atoms with Crippen LogP contribution in [-0.2, 0) is 16.0 Å². The first-order valence-corrected chi connectivity index (χ1v) is 10.5. The molecule has 160 valence electrons. The zero-order valence-corrected chi connectivity index (χ0v) is 19.1. The number of fused-ring (bicyclic) bond motifs is 1. The molecule has 0 saturated heterocycles. The molecule has 2 rings (SSSR count). The molecule has 1 heterocycles. The number of rotatable bonds is 7. The van der Waals surface area contributed by atoms with Gasteiger partial charge in [-0.3, -0.25) is 4.79 Å². The highest BCUT2D eigenvalue weighted by atomic mass is 79.9. The minimum atomic E-state index is -0.770. The lowest BCUT2D eigenvalue weighted by atomic mass is 10.0. The summed E-state index contributed by atoms with van der Waals surface area (Å²) in [6, 6.07) is 4.60. The molecule has 1 aromatic heterocycles. The summed E-state index contributed by atoms with van der Waals surface area (Å²) >= 11 is 3.55. The van der Waals surface area contributed by atoms with Gasteiger partial charge in [0, 0.05) is 21.6 Å². The number of carbonyl (C=O) groups is 2. The second-order valence-electron chi connectivity index (χ2n) is 8.44. The molecule has 8 heteroatoms. The van der Waals surface area contributed by atoms with E-state index in [0.29, 0.717) is 6.42 Å². The smallest absolute Gasteiger partial charge is 0.408 e. The Hall–Kier alpha value is -2.06. The van der Waals surface area contributed by atoms with Crippen LogP contribution < -0.4 is 10.6 Å². The van der Waals surface area contributed by atoms with Crippen LogP contribution in [0.5, 0.6) is 0 Å². The Balaban J connectivity index is 2.09. The van der Waals surface area contributed by atoms with Gasteiger partial charge in [0.25, 0.3) is 0 Å². The van der Waals surface area contributed by atoms with Gasteiger partial charge in [-0.1, -0.05) is 35.8 Å². The van der Waals surface area contributed by atoms with E-state index in [1.54, 1.807) is 20.8 Å². The molecule has 2 aromatic rings. The van der Waals surface area contributed by atoms with Gasteiger partial charge in [0.05, 0.1) is 12.6 Å². The molecular weight excluding hydrogens is 438 g/mol. The largest absolute Gasteiger partial charge is 0.444 e. The van der Waals surface area contributed by atoms with Gasteiger partial charge in [0.15, 0.2) is 0 Å². The van der Waals surface area contributed by atoms with Gasteiger partial charge in [-0.05, 0) is 50.8 Å². The van der Waals surface area contributed by atoms with Crippen molar-refractivity contribution in [2.75, 3.05) is 6.61 Å². The van der Waals surface area contributed by atoms with Gasteiger partial charge in [-0.25, -0.2) is 4.79 Å². The number of aliphatic hydroxyl groups is 1. The van der Waals surface area contributed by atoms with Crippen molar-refractivity contribution in [2.24, 2.45) is 5.92 Å². The van der Waals surface area contributed by atoms with Crippen LogP contribution >= 0.6 is 15.9 Å². The predicted molar refractivity (Wildman–Crippen MR) is 117 cm³/mol. The number of halogens is 1. The second-order valence-corrected chi connectivity index (χ2v) is 9.29. The van der Waals surface area contributed by atoms with Crippen LogP contribution in [0.3, 0.4) is 0 Å². The van der Waals surface area contributed by atoms with Crippen LogP contribution in [-0.4, -0.2) is 46.4 Å². The summed E-state index contributed by atoms with van der Waals surface area (Å²) in [7, 11) is 0. The van der Waals surface area contributed by atoms with Crippen molar-refractivity contribution in [1.82, 2.24) is 15.6 Å². The van der Waals surface area contributed by atoms with Crippen LogP contribution in [0.15, 0.2) is 28.9 Å².